The van der Waals surface area contributed by atoms with Gasteiger partial charge in [0.1, 0.15) is 75.0 Å². The molecule has 0 aliphatic heterocycles. The average molecular weight is 1390 g/mol. The van der Waals surface area contributed by atoms with Crippen molar-refractivity contribution in [1.29, 1.82) is 0 Å². The SMILES string of the molecule is Cc1cc2nc(-c3ccc4onc(C)c4c3)c(NC(C)(C)C)n2cn1.Cc1ccc2nc(-c3ccc4onc(C)c4c3)c(NC(C)(C)C)n2c1.Cc1noc2ccc(-c3ccc(-c4nc5ccccn5c4NC(C)(C)C)cc3)cc12.Cc1noc2ccc(-c3nc4ccccn4c3NC(C)(C)C)cc12. The molecule has 12 aromatic heterocycles. The van der Waals surface area contributed by atoms with Gasteiger partial charge in [-0.15, -0.1) is 0 Å². The molecule has 0 atom stereocenters. The predicted molar refractivity (Wildman–Crippen MR) is 418 cm³/mol. The number of nitrogens with one attached hydrogen (secondary N) is 4. The number of nitrogens with zero attached hydrogens (tertiary/aromatic N) is 13. The van der Waals surface area contributed by atoms with Gasteiger partial charge in [0.05, 0.1) is 22.8 Å². The fraction of sp³-hybridized carbons (Fsp3) is 0.265. The van der Waals surface area contributed by atoms with Gasteiger partial charge in [-0.05, 0) is 238 Å². The zero-order valence-electron chi connectivity index (χ0n) is 62.2. The van der Waals surface area contributed by atoms with Crippen LogP contribution in [0.5, 0.6) is 0 Å². The first-order chi connectivity index (χ1) is 49.4. The van der Waals surface area contributed by atoms with Crippen LogP contribution in [0, 0.1) is 41.5 Å². The number of anilines is 4. The van der Waals surface area contributed by atoms with E-state index in [9.17, 15) is 0 Å². The molecule has 12 heterocycles. The van der Waals surface area contributed by atoms with E-state index < -0.39 is 0 Å². The van der Waals surface area contributed by atoms with E-state index in [0.29, 0.717) is 0 Å². The van der Waals surface area contributed by atoms with Crippen molar-refractivity contribution in [3.8, 4) is 56.2 Å². The van der Waals surface area contributed by atoms with Crippen LogP contribution in [-0.4, -0.2) is 85.3 Å². The third kappa shape index (κ3) is 14.4. The number of fused-ring (bicyclic) bond motifs is 8. The summed E-state index contributed by atoms with van der Waals surface area (Å²) in [5.74, 6) is 3.93. The standard InChI is InChI=1S/C25H24N4O.C20H22N4O.C19H21N5O.C19H20N4O/c1-16-20-15-19(12-13-21(20)30-28-16)17-8-10-18(11-9-17)23-24(27-25(2,3)4)29-14-6-5-7-22(29)26-23;1-12-6-9-17-21-18(19(24(17)11-12)22-20(3,4)5)14-7-8-16-15(10-14)13(2)23-25-16;1-11-8-16-21-17(18(22-19(3,4)5)24(16)10-20-11)13-6-7-15-14(9-13)12(2)23-25-15;1-12-14-11-13(8-9-15(14)24-22-12)17-18(21-19(2,3)4)23-10-6-5-7-16(23)20-17/h5-15,27H,1-4H3;6-11,22H,1-5H3;6-10,22H,1-5H3;5-11,21H,1-4H3. The first-order valence-electron chi connectivity index (χ1n) is 34.9. The second kappa shape index (κ2) is 26.7. The number of hydrogen-bond donors (Lipinski definition) is 4. The monoisotopic (exact) mass is 1390 g/mol. The van der Waals surface area contributed by atoms with E-state index in [2.05, 4.69) is 223 Å². The minimum Gasteiger partial charge on any atom is -0.365 e. The van der Waals surface area contributed by atoms with Crippen LogP contribution in [0.15, 0.2) is 195 Å². The minimum absolute atomic E-state index is 0.0717. The van der Waals surface area contributed by atoms with E-state index in [0.717, 1.165) is 174 Å². The Labute approximate surface area is 602 Å². The first-order valence-corrected chi connectivity index (χ1v) is 34.9. The van der Waals surface area contributed by atoms with Crippen LogP contribution in [0.2, 0.25) is 0 Å². The number of rotatable bonds is 9. The van der Waals surface area contributed by atoms with Gasteiger partial charge in [-0.25, -0.2) is 24.9 Å². The van der Waals surface area contributed by atoms with E-state index in [1.54, 1.807) is 0 Å². The average Bonchev–Trinajstić information content (AvgIpc) is 1.64. The summed E-state index contributed by atoms with van der Waals surface area (Å²) < 4.78 is 29.6. The lowest BCUT2D eigenvalue weighted by Crippen LogP contribution is -2.27. The summed E-state index contributed by atoms with van der Waals surface area (Å²) in [5, 5.41) is 34.7. The summed E-state index contributed by atoms with van der Waals surface area (Å²) in [6.07, 6.45) is 8.01. The highest BCUT2D eigenvalue weighted by atomic mass is 16.5. The van der Waals surface area contributed by atoms with Crippen LogP contribution in [-0.2, 0) is 0 Å². The molecule has 0 saturated heterocycles. The third-order valence-corrected chi connectivity index (χ3v) is 17.4. The Morgan fingerprint density at radius 2 is 0.635 bits per heavy atom. The molecular weight excluding hydrogens is 1300 g/mol. The maximum Gasteiger partial charge on any atom is 0.167 e. The second-order valence-electron chi connectivity index (χ2n) is 30.8. The van der Waals surface area contributed by atoms with Gasteiger partial charge in [-0.3, -0.25) is 17.6 Å². The van der Waals surface area contributed by atoms with Crippen molar-refractivity contribution in [3.63, 3.8) is 0 Å². The lowest BCUT2D eigenvalue weighted by molar-refractivity contribution is 0.450. The van der Waals surface area contributed by atoms with Crippen molar-refractivity contribution in [2.45, 2.75) is 147 Å². The van der Waals surface area contributed by atoms with Crippen molar-refractivity contribution >= 4 is 89.7 Å². The van der Waals surface area contributed by atoms with E-state index >= 15 is 0 Å². The van der Waals surface area contributed by atoms with Gasteiger partial charge < -0.3 is 39.4 Å². The third-order valence-electron chi connectivity index (χ3n) is 17.4. The molecule has 0 spiro atoms. The molecule has 0 aliphatic carbocycles. The summed E-state index contributed by atoms with van der Waals surface area (Å²) in [6.45, 7) is 37.6. The largest absolute Gasteiger partial charge is 0.365 e. The highest BCUT2D eigenvalue weighted by Crippen LogP contribution is 2.39. The lowest BCUT2D eigenvalue weighted by Gasteiger charge is -2.22. The number of aromatic nitrogens is 13. The predicted octanol–water partition coefficient (Wildman–Crippen LogP) is 20.3. The number of pyridine rings is 3. The molecule has 0 fully saturated rings. The number of hydrogen-bond acceptors (Lipinski definition) is 17. The highest BCUT2D eigenvalue weighted by molar-refractivity contribution is 5.91. The Morgan fingerprint density at radius 3 is 1.04 bits per heavy atom. The van der Waals surface area contributed by atoms with Gasteiger partial charge in [0.25, 0.3) is 0 Å². The van der Waals surface area contributed by atoms with Crippen LogP contribution in [0.1, 0.15) is 117 Å². The van der Waals surface area contributed by atoms with E-state index in [4.69, 9.17) is 38.0 Å². The van der Waals surface area contributed by atoms with Crippen LogP contribution in [0.25, 0.3) is 123 Å². The van der Waals surface area contributed by atoms with Gasteiger partial charge >= 0.3 is 0 Å². The maximum atomic E-state index is 5.33. The molecule has 21 nitrogen and oxygen atoms in total. The van der Waals surface area contributed by atoms with Crippen LogP contribution < -0.4 is 21.3 Å². The first kappa shape index (κ1) is 69.0. The Hall–Kier alpha value is -12.1. The number of benzene rings is 5. The van der Waals surface area contributed by atoms with Crippen LogP contribution >= 0.6 is 0 Å². The smallest absolute Gasteiger partial charge is 0.167 e. The maximum absolute atomic E-state index is 5.33. The topological polar surface area (TPSA) is 234 Å². The van der Waals surface area contributed by atoms with Gasteiger partial charge in [0.15, 0.2) is 22.3 Å². The molecule has 0 unspecified atom stereocenters. The molecule has 17 aromatic rings. The molecule has 0 amide bonds. The summed E-state index contributed by atoms with van der Waals surface area (Å²) in [4.78, 5) is 23.9. The highest BCUT2D eigenvalue weighted by Gasteiger charge is 2.25. The molecule has 17 rings (SSSR count). The summed E-state index contributed by atoms with van der Waals surface area (Å²) in [5.41, 5.74) is 22.4. The van der Waals surface area contributed by atoms with Gasteiger partial charge in [-0.2, -0.15) is 0 Å². The van der Waals surface area contributed by atoms with Gasteiger partial charge in [-0.1, -0.05) is 69.2 Å². The molecule has 5 aromatic carbocycles. The van der Waals surface area contributed by atoms with Crippen molar-refractivity contribution in [2.75, 3.05) is 21.3 Å². The molecule has 104 heavy (non-hydrogen) atoms. The summed E-state index contributed by atoms with van der Waals surface area (Å²) in [6, 6.07) is 51.2. The molecule has 21 heteroatoms. The van der Waals surface area contributed by atoms with Gasteiger partial charge in [0.2, 0.25) is 0 Å². The Morgan fingerprint density at radius 1 is 0.308 bits per heavy atom. The van der Waals surface area contributed by atoms with E-state index in [1.165, 1.54) is 5.56 Å². The minimum atomic E-state index is -0.104. The molecule has 0 aliphatic rings. The number of imidazole rings is 4. The van der Waals surface area contributed by atoms with Crippen LogP contribution in [0.4, 0.5) is 23.3 Å². The quantitative estimate of drug-likeness (QED) is 0.105. The van der Waals surface area contributed by atoms with Gasteiger partial charge in [0, 0.05) is 96.3 Å². The molecular formula is C83H87N17O4. The van der Waals surface area contributed by atoms with Crippen molar-refractivity contribution in [3.05, 3.63) is 211 Å². The van der Waals surface area contributed by atoms with Crippen molar-refractivity contribution < 1.29 is 18.1 Å². The number of aryl methyl sites for hydroxylation is 6. The Bertz CT molecular complexity index is 5950. The lowest BCUT2D eigenvalue weighted by atomic mass is 10.0. The van der Waals surface area contributed by atoms with E-state index in [1.807, 2.05) is 143 Å². The molecule has 0 saturated carbocycles. The zero-order chi connectivity index (χ0) is 73.3. The molecule has 528 valence electrons. The second-order valence-corrected chi connectivity index (χ2v) is 30.8. The zero-order valence-corrected chi connectivity index (χ0v) is 62.2. The van der Waals surface area contributed by atoms with Crippen LogP contribution in [0.3, 0.4) is 0 Å². The molecule has 4 N–H and O–H groups in total. The fourth-order valence-electron chi connectivity index (χ4n) is 12.6. The normalized spacial score (nSPS) is 12.1. The Balaban J connectivity index is 0.000000117. The van der Waals surface area contributed by atoms with E-state index in [-0.39, 0.29) is 22.2 Å². The molecule has 0 bridgehead atoms. The molecule has 0 radical (unpaired) electrons. The van der Waals surface area contributed by atoms with Crippen molar-refractivity contribution in [1.82, 2.24) is 63.1 Å². The summed E-state index contributed by atoms with van der Waals surface area (Å²) >= 11 is 0. The Kier molecular flexibility index (Phi) is 17.7. The van der Waals surface area contributed by atoms with Crippen molar-refractivity contribution in [2.24, 2.45) is 0 Å². The fourth-order valence-corrected chi connectivity index (χ4v) is 12.6. The summed E-state index contributed by atoms with van der Waals surface area (Å²) in [7, 11) is 0.